The summed E-state index contributed by atoms with van der Waals surface area (Å²) in [6.07, 6.45) is 1.90. The molecule has 2 unspecified atom stereocenters. The maximum absolute atomic E-state index is 12.8. The summed E-state index contributed by atoms with van der Waals surface area (Å²) < 4.78 is 12.7. The van der Waals surface area contributed by atoms with Gasteiger partial charge in [-0.3, -0.25) is 35.0 Å². The van der Waals surface area contributed by atoms with Crippen molar-refractivity contribution in [2.24, 2.45) is 5.73 Å². The molecule has 0 aliphatic carbocycles. The molecule has 2 fully saturated rings. The van der Waals surface area contributed by atoms with Crippen LogP contribution in [0.2, 0.25) is 0 Å². The Morgan fingerprint density at radius 1 is 1.13 bits per heavy atom. The number of likely N-dealkylation sites (tertiary alicyclic amines) is 1. The third kappa shape index (κ3) is 9.18. The van der Waals surface area contributed by atoms with Gasteiger partial charge >= 0.3 is 0 Å². The standard InChI is InChI=1S/C23H29N3O4S.CH3NO.CH2O2.H2O2/c1-29-14-13-25-15-19-11-12-23(16-25,22(27)24-28)26(19)31-21-9-5-18(6-10-21)17-3-7-20(30-2)8-4-17;2*2-1-3;1-2/h3-10,19,28H,11-16H2,1-2H3,(H,24,27);1H,(H2,2,3);1H,(H,2,3);1-2H. The van der Waals surface area contributed by atoms with Crippen molar-refractivity contribution < 1.29 is 44.7 Å². The number of methoxy groups -OCH3 is 2. The normalized spacial score (nSPS) is 19.6. The van der Waals surface area contributed by atoms with Crippen LogP contribution in [-0.2, 0) is 19.1 Å². The van der Waals surface area contributed by atoms with Crippen LogP contribution in [0.1, 0.15) is 12.8 Å². The third-order valence-electron chi connectivity index (χ3n) is 6.22. The zero-order valence-corrected chi connectivity index (χ0v) is 22.6. The number of carboxylic acid groups (broad SMARTS) is 1. The predicted molar refractivity (Wildman–Crippen MR) is 144 cm³/mol. The average Bonchev–Trinajstić information content (AvgIpc) is 3.17. The smallest absolute Gasteiger partial charge is 0.290 e. The van der Waals surface area contributed by atoms with Crippen LogP contribution in [0.25, 0.3) is 11.1 Å². The summed E-state index contributed by atoms with van der Waals surface area (Å²) in [4.78, 5) is 33.1. The largest absolute Gasteiger partial charge is 0.497 e. The minimum Gasteiger partial charge on any atom is -0.497 e. The molecule has 216 valence electrons. The fourth-order valence-electron chi connectivity index (χ4n) is 4.58. The number of hydrogen-bond donors (Lipinski definition) is 6. The lowest BCUT2D eigenvalue weighted by Gasteiger charge is -2.46. The number of rotatable bonds is 8. The number of hydrogen-bond acceptors (Lipinski definition) is 11. The highest BCUT2D eigenvalue weighted by Crippen LogP contribution is 2.46. The first-order valence-electron chi connectivity index (χ1n) is 11.7. The minimum absolute atomic E-state index is 0.245. The Morgan fingerprint density at radius 3 is 2.15 bits per heavy atom. The van der Waals surface area contributed by atoms with Crippen molar-refractivity contribution in [3.05, 3.63) is 48.5 Å². The molecule has 7 N–H and O–H groups in total. The van der Waals surface area contributed by atoms with Gasteiger partial charge in [-0.2, -0.15) is 0 Å². The molecule has 39 heavy (non-hydrogen) atoms. The summed E-state index contributed by atoms with van der Waals surface area (Å²) in [5.74, 6) is 0.503. The van der Waals surface area contributed by atoms with Crippen molar-refractivity contribution in [2.45, 2.75) is 29.3 Å². The van der Waals surface area contributed by atoms with Gasteiger partial charge in [-0.1, -0.05) is 24.3 Å². The van der Waals surface area contributed by atoms with Gasteiger partial charge in [0.05, 0.1) is 13.7 Å². The second-order valence-electron chi connectivity index (χ2n) is 8.30. The van der Waals surface area contributed by atoms with Crippen LogP contribution in [0.4, 0.5) is 0 Å². The lowest BCUT2D eigenvalue weighted by molar-refractivity contribution is -0.176. The number of primary amides is 1. The van der Waals surface area contributed by atoms with Gasteiger partial charge in [0.2, 0.25) is 6.41 Å². The Kier molecular flexibility index (Phi) is 15.7. The summed E-state index contributed by atoms with van der Waals surface area (Å²) in [5, 5.41) is 28.3. The van der Waals surface area contributed by atoms with Crippen LogP contribution < -0.4 is 16.0 Å². The molecule has 0 radical (unpaired) electrons. The van der Waals surface area contributed by atoms with Crippen molar-refractivity contribution in [1.82, 2.24) is 14.7 Å². The van der Waals surface area contributed by atoms with Gasteiger partial charge in [0.1, 0.15) is 11.3 Å². The van der Waals surface area contributed by atoms with E-state index < -0.39 is 5.54 Å². The van der Waals surface area contributed by atoms with Gasteiger partial charge in [0.25, 0.3) is 12.4 Å². The Hall–Kier alpha value is -3.24. The average molecular weight is 569 g/mol. The van der Waals surface area contributed by atoms with Crippen molar-refractivity contribution in [3.63, 3.8) is 0 Å². The van der Waals surface area contributed by atoms with E-state index in [1.807, 2.05) is 29.7 Å². The monoisotopic (exact) mass is 568 g/mol. The topological polar surface area (TPSA) is 195 Å². The Labute approximate surface area is 231 Å². The first kappa shape index (κ1) is 33.8. The van der Waals surface area contributed by atoms with E-state index in [-0.39, 0.29) is 24.8 Å². The molecule has 0 aromatic heterocycles. The Bertz CT molecular complexity index is 992. The summed E-state index contributed by atoms with van der Waals surface area (Å²) in [7, 11) is 3.35. The molecule has 13 nitrogen and oxygen atoms in total. The molecule has 2 amide bonds. The van der Waals surface area contributed by atoms with E-state index in [4.69, 9.17) is 34.7 Å². The zero-order chi connectivity index (χ0) is 29.3. The molecule has 2 saturated heterocycles. The number of amides is 2. The maximum Gasteiger partial charge on any atom is 0.290 e. The van der Waals surface area contributed by atoms with E-state index in [0.29, 0.717) is 13.2 Å². The van der Waals surface area contributed by atoms with Crippen LogP contribution in [0.5, 0.6) is 5.75 Å². The number of hydroxylamine groups is 1. The van der Waals surface area contributed by atoms with E-state index in [2.05, 4.69) is 39.2 Å². The van der Waals surface area contributed by atoms with Crippen molar-refractivity contribution in [3.8, 4) is 16.9 Å². The molecule has 2 aromatic rings. The number of fused-ring (bicyclic) bond motifs is 2. The lowest BCUT2D eigenvalue weighted by atomic mass is 9.96. The number of nitrogens with one attached hydrogen (secondary N) is 1. The van der Waals surface area contributed by atoms with Gasteiger partial charge in [-0.15, -0.1) is 0 Å². The van der Waals surface area contributed by atoms with Crippen molar-refractivity contribution in [1.29, 1.82) is 0 Å². The second-order valence-corrected chi connectivity index (χ2v) is 9.35. The number of carbonyl (C=O) groups is 3. The second kappa shape index (κ2) is 18.1. The molecule has 2 atom stereocenters. The molecule has 0 spiro atoms. The quantitative estimate of drug-likeness (QED) is 0.0891. The van der Waals surface area contributed by atoms with E-state index in [1.165, 1.54) is 0 Å². The molecule has 14 heteroatoms. The number of piperazine rings is 1. The van der Waals surface area contributed by atoms with Gasteiger partial charge < -0.3 is 20.3 Å². The summed E-state index contributed by atoms with van der Waals surface area (Å²) in [6.45, 7) is 2.63. The fourth-order valence-corrected chi connectivity index (χ4v) is 5.79. The van der Waals surface area contributed by atoms with E-state index in [9.17, 15) is 10.0 Å². The van der Waals surface area contributed by atoms with Gasteiger partial charge in [0.15, 0.2) is 0 Å². The fraction of sp³-hybridized carbons (Fsp3) is 0.400. The highest BCUT2D eigenvalue weighted by atomic mass is 32.2. The van der Waals surface area contributed by atoms with Crippen molar-refractivity contribution >= 4 is 30.7 Å². The molecule has 2 aliphatic heterocycles. The van der Waals surface area contributed by atoms with Crippen LogP contribution in [0.15, 0.2) is 53.4 Å². The minimum atomic E-state index is -0.745. The summed E-state index contributed by atoms with van der Waals surface area (Å²) in [5.41, 5.74) is 7.60. The zero-order valence-electron chi connectivity index (χ0n) is 21.8. The molecule has 2 bridgehead atoms. The first-order valence-corrected chi connectivity index (χ1v) is 12.5. The SMILES string of the molecule is COCCN1CC2CCC(C(=O)NO)(C1)N2Sc1ccc(-c2ccc(OC)cc2)cc1.NC=O.O=CO.OO. The lowest BCUT2D eigenvalue weighted by Crippen LogP contribution is -2.65. The summed E-state index contributed by atoms with van der Waals surface area (Å²) >= 11 is 1.61. The van der Waals surface area contributed by atoms with Gasteiger partial charge in [-0.05, 0) is 60.2 Å². The number of ether oxygens (including phenoxy) is 2. The van der Waals surface area contributed by atoms with Crippen molar-refractivity contribution in [2.75, 3.05) is 40.5 Å². The molecule has 2 aliphatic rings. The number of nitrogens with zero attached hydrogens (tertiary/aromatic N) is 2. The molecule has 4 rings (SSSR count). The Morgan fingerprint density at radius 2 is 1.67 bits per heavy atom. The number of carbonyl (C=O) groups excluding carboxylic acids is 2. The Balaban J connectivity index is 0.000000856. The number of nitrogens with two attached hydrogens (primary N) is 1. The van der Waals surface area contributed by atoms with E-state index in [0.717, 1.165) is 47.7 Å². The molecular formula is C25H36N4O9S. The van der Waals surface area contributed by atoms with Crippen LogP contribution in [-0.4, -0.2) is 101 Å². The first-order chi connectivity index (χ1) is 18.9. The van der Waals surface area contributed by atoms with Crippen LogP contribution >= 0.6 is 11.9 Å². The molecule has 2 heterocycles. The van der Waals surface area contributed by atoms with Crippen LogP contribution in [0.3, 0.4) is 0 Å². The van der Waals surface area contributed by atoms with E-state index >= 15 is 0 Å². The molecular weight excluding hydrogens is 532 g/mol. The molecule has 0 saturated carbocycles. The highest BCUT2D eigenvalue weighted by Gasteiger charge is 2.56. The van der Waals surface area contributed by atoms with E-state index in [1.54, 1.807) is 26.2 Å². The predicted octanol–water partition coefficient (Wildman–Crippen LogP) is 1.86. The molecule has 2 aromatic carbocycles. The maximum atomic E-state index is 12.8. The summed E-state index contributed by atoms with van der Waals surface area (Å²) in [6, 6.07) is 16.6. The highest BCUT2D eigenvalue weighted by molar-refractivity contribution is 7.97. The third-order valence-corrected chi connectivity index (χ3v) is 7.54. The van der Waals surface area contributed by atoms with Crippen LogP contribution in [0, 0.1) is 0 Å². The number of benzene rings is 2. The van der Waals surface area contributed by atoms with Gasteiger partial charge in [0, 0.05) is 37.7 Å². The van der Waals surface area contributed by atoms with Gasteiger partial charge in [-0.25, -0.2) is 9.79 Å².